The predicted octanol–water partition coefficient (Wildman–Crippen LogP) is 3.04. The van der Waals surface area contributed by atoms with Crippen molar-refractivity contribution in [2.24, 2.45) is 5.92 Å². The van der Waals surface area contributed by atoms with Gasteiger partial charge in [0.1, 0.15) is 5.82 Å². The largest absolute Gasteiger partial charge is 0.354 e. The topological polar surface area (TPSA) is 56.3 Å². The predicted molar refractivity (Wildman–Crippen MR) is 126 cm³/mol. The number of piperazine rings is 1. The lowest BCUT2D eigenvalue weighted by Crippen LogP contribution is -2.50. The van der Waals surface area contributed by atoms with Gasteiger partial charge in [0.05, 0.1) is 0 Å². The average molecular weight is 421 g/mol. The first-order valence-corrected chi connectivity index (χ1v) is 12.1. The van der Waals surface area contributed by atoms with Crippen molar-refractivity contribution in [2.45, 2.75) is 58.0 Å². The molecule has 2 fully saturated rings. The van der Waals surface area contributed by atoms with Crippen molar-refractivity contribution in [1.82, 2.24) is 25.7 Å². The molecule has 0 amide bonds. The van der Waals surface area contributed by atoms with Gasteiger partial charge < -0.3 is 4.90 Å². The summed E-state index contributed by atoms with van der Waals surface area (Å²) in [7, 11) is 0. The number of aromatic nitrogens is 2. The summed E-state index contributed by atoms with van der Waals surface area (Å²) in [6.45, 7) is 10.1. The summed E-state index contributed by atoms with van der Waals surface area (Å²) in [6.07, 6.45) is 5.89. The van der Waals surface area contributed by atoms with Crippen molar-refractivity contribution in [3.05, 3.63) is 41.6 Å². The van der Waals surface area contributed by atoms with Crippen molar-refractivity contribution >= 4 is 5.82 Å². The summed E-state index contributed by atoms with van der Waals surface area (Å²) in [5.41, 5.74) is 10.8. The third-order valence-corrected chi connectivity index (χ3v) is 6.91. The van der Waals surface area contributed by atoms with Gasteiger partial charge in [0.15, 0.2) is 5.82 Å². The summed E-state index contributed by atoms with van der Waals surface area (Å²) in [5, 5.41) is 0. The molecule has 6 heteroatoms. The van der Waals surface area contributed by atoms with E-state index in [0.717, 1.165) is 62.9 Å². The first kappa shape index (κ1) is 20.9. The van der Waals surface area contributed by atoms with Gasteiger partial charge in [0.25, 0.3) is 0 Å². The van der Waals surface area contributed by atoms with E-state index in [1.165, 1.54) is 36.3 Å². The molecule has 3 heterocycles. The number of aryl methyl sites for hydroxylation is 1. The van der Waals surface area contributed by atoms with Crippen LogP contribution in [-0.2, 0) is 12.8 Å². The SMILES string of the molecule is CC(C)CC1CC(CN2CCN(c3nc(-c4ccccc4)nc4c3CCC4)CC2)NN1. The number of fused-ring (bicyclic) bond motifs is 1. The van der Waals surface area contributed by atoms with Gasteiger partial charge in [-0.25, -0.2) is 9.97 Å². The standard InChI is InChI=1S/C25H36N6/c1-18(2)15-20-16-21(29-28-20)17-30-11-13-31(14-12-30)25-22-9-6-10-23(22)26-24(27-25)19-7-4-3-5-8-19/h3-5,7-8,18,20-21,28-29H,6,9-17H2,1-2H3. The van der Waals surface area contributed by atoms with Gasteiger partial charge >= 0.3 is 0 Å². The molecule has 0 saturated carbocycles. The molecule has 0 bridgehead atoms. The highest BCUT2D eigenvalue weighted by atomic mass is 15.4. The number of hydrogen-bond donors (Lipinski definition) is 2. The highest BCUT2D eigenvalue weighted by Crippen LogP contribution is 2.32. The molecular weight excluding hydrogens is 384 g/mol. The molecular formula is C25H36N6. The highest BCUT2D eigenvalue weighted by Gasteiger charge is 2.29. The molecule has 166 valence electrons. The molecule has 3 aliphatic rings. The minimum atomic E-state index is 0.559. The van der Waals surface area contributed by atoms with Crippen LogP contribution in [0.3, 0.4) is 0 Å². The molecule has 0 spiro atoms. The van der Waals surface area contributed by atoms with Crippen LogP contribution < -0.4 is 15.8 Å². The van der Waals surface area contributed by atoms with E-state index < -0.39 is 0 Å². The van der Waals surface area contributed by atoms with E-state index in [9.17, 15) is 0 Å². The van der Waals surface area contributed by atoms with Gasteiger partial charge in [0.2, 0.25) is 0 Å². The quantitative estimate of drug-likeness (QED) is 0.749. The van der Waals surface area contributed by atoms with E-state index in [2.05, 4.69) is 64.8 Å². The third-order valence-electron chi connectivity index (χ3n) is 6.91. The maximum atomic E-state index is 5.08. The van der Waals surface area contributed by atoms with Crippen LogP contribution in [0.15, 0.2) is 30.3 Å². The molecule has 1 aromatic carbocycles. The Morgan fingerprint density at radius 3 is 2.52 bits per heavy atom. The number of rotatable bonds is 6. The minimum absolute atomic E-state index is 0.559. The van der Waals surface area contributed by atoms with Crippen molar-refractivity contribution in [3.8, 4) is 11.4 Å². The molecule has 2 unspecified atom stereocenters. The zero-order chi connectivity index (χ0) is 21.2. The first-order chi connectivity index (χ1) is 15.2. The second-order valence-electron chi connectivity index (χ2n) is 9.85. The number of anilines is 1. The van der Waals surface area contributed by atoms with Gasteiger partial charge in [-0.1, -0.05) is 44.2 Å². The number of nitrogens with one attached hydrogen (secondary N) is 2. The number of hydrogen-bond acceptors (Lipinski definition) is 6. The lowest BCUT2D eigenvalue weighted by molar-refractivity contribution is 0.233. The molecule has 2 aromatic rings. The maximum Gasteiger partial charge on any atom is 0.161 e. The number of hydrazine groups is 1. The van der Waals surface area contributed by atoms with Crippen LogP contribution in [0.1, 0.15) is 44.4 Å². The fraction of sp³-hybridized carbons (Fsp3) is 0.600. The Hall–Kier alpha value is -2.02. The van der Waals surface area contributed by atoms with Crippen LogP contribution in [-0.4, -0.2) is 59.7 Å². The lowest BCUT2D eigenvalue weighted by Gasteiger charge is -2.37. The molecule has 6 nitrogen and oxygen atoms in total. The molecule has 0 radical (unpaired) electrons. The van der Waals surface area contributed by atoms with E-state index >= 15 is 0 Å². The van der Waals surface area contributed by atoms with E-state index in [-0.39, 0.29) is 0 Å². The summed E-state index contributed by atoms with van der Waals surface area (Å²) < 4.78 is 0. The Morgan fingerprint density at radius 2 is 1.74 bits per heavy atom. The van der Waals surface area contributed by atoms with Gasteiger partial charge in [0, 0.05) is 61.6 Å². The second-order valence-corrected chi connectivity index (χ2v) is 9.85. The maximum absolute atomic E-state index is 5.08. The van der Waals surface area contributed by atoms with Crippen molar-refractivity contribution < 1.29 is 0 Å². The zero-order valence-electron chi connectivity index (χ0n) is 19.0. The summed E-state index contributed by atoms with van der Waals surface area (Å²) in [4.78, 5) is 15.1. The molecule has 2 saturated heterocycles. The minimum Gasteiger partial charge on any atom is -0.354 e. The highest BCUT2D eigenvalue weighted by molar-refractivity contribution is 5.61. The van der Waals surface area contributed by atoms with Gasteiger partial charge in [-0.15, -0.1) is 0 Å². The van der Waals surface area contributed by atoms with Gasteiger partial charge in [-0.2, -0.15) is 0 Å². The first-order valence-electron chi connectivity index (χ1n) is 12.1. The Kier molecular flexibility index (Phi) is 6.21. The fourth-order valence-electron chi connectivity index (χ4n) is 5.39. The summed E-state index contributed by atoms with van der Waals surface area (Å²) >= 11 is 0. The van der Waals surface area contributed by atoms with Crippen molar-refractivity contribution in [2.75, 3.05) is 37.6 Å². The van der Waals surface area contributed by atoms with Gasteiger partial charge in [-0.05, 0) is 38.0 Å². The van der Waals surface area contributed by atoms with Crippen LogP contribution in [0.2, 0.25) is 0 Å². The molecule has 2 aliphatic heterocycles. The fourth-order valence-corrected chi connectivity index (χ4v) is 5.39. The summed E-state index contributed by atoms with van der Waals surface area (Å²) in [5.74, 6) is 2.83. The zero-order valence-corrected chi connectivity index (χ0v) is 19.0. The van der Waals surface area contributed by atoms with E-state index in [0.29, 0.717) is 12.1 Å². The third kappa shape index (κ3) is 4.76. The Balaban J connectivity index is 1.23. The van der Waals surface area contributed by atoms with Crippen LogP contribution in [0, 0.1) is 5.92 Å². The van der Waals surface area contributed by atoms with Crippen LogP contribution in [0.5, 0.6) is 0 Å². The summed E-state index contributed by atoms with van der Waals surface area (Å²) in [6, 6.07) is 11.6. The van der Waals surface area contributed by atoms with Gasteiger partial charge in [-0.3, -0.25) is 15.8 Å². The van der Waals surface area contributed by atoms with E-state index in [1.54, 1.807) is 0 Å². The molecule has 2 atom stereocenters. The monoisotopic (exact) mass is 420 g/mol. The Bertz CT molecular complexity index is 875. The molecule has 5 rings (SSSR count). The smallest absolute Gasteiger partial charge is 0.161 e. The second kappa shape index (κ2) is 9.23. The van der Waals surface area contributed by atoms with E-state index in [1.807, 2.05) is 0 Å². The van der Waals surface area contributed by atoms with Crippen molar-refractivity contribution in [3.63, 3.8) is 0 Å². The van der Waals surface area contributed by atoms with E-state index in [4.69, 9.17) is 9.97 Å². The number of benzene rings is 1. The molecule has 2 N–H and O–H groups in total. The van der Waals surface area contributed by atoms with Crippen LogP contribution in [0.4, 0.5) is 5.82 Å². The molecule has 31 heavy (non-hydrogen) atoms. The number of nitrogens with zero attached hydrogens (tertiary/aromatic N) is 4. The van der Waals surface area contributed by atoms with Crippen LogP contribution >= 0.6 is 0 Å². The normalized spacial score (nSPS) is 24.2. The lowest BCUT2D eigenvalue weighted by atomic mass is 10.00. The average Bonchev–Trinajstić information content (AvgIpc) is 3.43. The Morgan fingerprint density at radius 1 is 0.968 bits per heavy atom. The van der Waals surface area contributed by atoms with Crippen LogP contribution in [0.25, 0.3) is 11.4 Å². The molecule has 1 aliphatic carbocycles. The van der Waals surface area contributed by atoms with Crippen molar-refractivity contribution in [1.29, 1.82) is 0 Å². The Labute approximate surface area is 186 Å². The molecule has 1 aromatic heterocycles.